The summed E-state index contributed by atoms with van der Waals surface area (Å²) in [7, 11) is 7.84. The normalized spacial score (nSPS) is 19.2. The summed E-state index contributed by atoms with van der Waals surface area (Å²) in [6.07, 6.45) is -2.53. The lowest BCUT2D eigenvalue weighted by Crippen LogP contribution is -2.59. The fourth-order valence-electron chi connectivity index (χ4n) is 7.91. The fourth-order valence-corrected chi connectivity index (χ4v) is 8.78. The molecule has 1 aliphatic heterocycles. The quantitative estimate of drug-likeness (QED) is 0.105. The number of methoxy groups -OCH3 is 3. The molecule has 1 aromatic rings. The van der Waals surface area contributed by atoms with Crippen molar-refractivity contribution < 1.29 is 48.4 Å². The van der Waals surface area contributed by atoms with Crippen LogP contribution in [0.3, 0.4) is 0 Å². The van der Waals surface area contributed by atoms with E-state index in [1.54, 1.807) is 49.2 Å². The Morgan fingerprint density at radius 2 is 1.57 bits per heavy atom. The van der Waals surface area contributed by atoms with Crippen LogP contribution in [0.2, 0.25) is 0 Å². The number of rotatable bonds is 25. The molecule has 1 aromatic carbocycles. The first-order chi connectivity index (χ1) is 27.4. The van der Waals surface area contributed by atoms with Gasteiger partial charge in [-0.25, -0.2) is 4.79 Å². The molecule has 0 bridgehead atoms. The van der Waals surface area contributed by atoms with Crippen LogP contribution < -0.4 is 10.6 Å². The number of aliphatic carboxylic acids is 1. The molecule has 330 valence electrons. The molecule has 4 amide bonds. The average molecular weight is 838 g/mol. The molecule has 0 saturated carbocycles. The lowest BCUT2D eigenvalue weighted by molar-refractivity contribution is -0.155. The van der Waals surface area contributed by atoms with Gasteiger partial charge in [0.1, 0.15) is 6.10 Å². The Morgan fingerprint density at radius 3 is 2.09 bits per heavy atom. The van der Waals surface area contributed by atoms with E-state index in [-0.39, 0.29) is 30.1 Å². The third-order valence-electron chi connectivity index (χ3n) is 11.3. The molecule has 16 heteroatoms. The number of likely N-dealkylation sites (N-methyl/N-ethyl adjacent to an activating group) is 2. The van der Waals surface area contributed by atoms with Crippen molar-refractivity contribution in [1.29, 1.82) is 0 Å². The van der Waals surface area contributed by atoms with Crippen LogP contribution in [-0.2, 0) is 38.2 Å². The van der Waals surface area contributed by atoms with Gasteiger partial charge < -0.3 is 44.9 Å². The van der Waals surface area contributed by atoms with E-state index in [1.165, 1.54) is 26.2 Å². The summed E-state index contributed by atoms with van der Waals surface area (Å²) < 4.78 is 17.4. The molecule has 15 nitrogen and oxygen atoms in total. The maximum atomic E-state index is 14.2. The van der Waals surface area contributed by atoms with Crippen LogP contribution >= 0.6 is 11.8 Å². The number of carboxylic acids is 1. The number of carboxylic acid groups (broad SMARTS) is 1. The molecule has 0 aromatic heterocycles. The number of aliphatic hydroxyl groups is 1. The number of likely N-dealkylation sites (tertiary alicyclic amines) is 1. The van der Waals surface area contributed by atoms with E-state index in [4.69, 9.17) is 14.2 Å². The minimum atomic E-state index is -1.61. The SMILES string of the molecule is CC[C@H](C)[C@@H]([C@@H](CC(=O)N1CCC[C@H]1[C@H](OC)[C@@H](C)C(=O)N[C@H](C(=O)O)[C@@H](O)c1ccccc1)OC)N(C)C(=O)[C@H](NC(=O)[C@H](C(C)C)N(C)CCSC(C)C)OC. The van der Waals surface area contributed by atoms with Gasteiger partial charge in [-0.2, -0.15) is 11.8 Å². The van der Waals surface area contributed by atoms with Gasteiger partial charge in [-0.05, 0) is 42.5 Å². The molecular formula is C42H71N5O10S. The zero-order chi connectivity index (χ0) is 43.9. The third-order valence-corrected chi connectivity index (χ3v) is 12.4. The van der Waals surface area contributed by atoms with E-state index in [9.17, 15) is 34.2 Å². The second-order valence-electron chi connectivity index (χ2n) is 16.0. The molecule has 4 N–H and O–H groups in total. The summed E-state index contributed by atoms with van der Waals surface area (Å²) >= 11 is 1.81. The molecule has 0 unspecified atom stereocenters. The zero-order valence-corrected chi connectivity index (χ0v) is 37.5. The Hall–Kier alpha value is -3.28. The Morgan fingerprint density at radius 1 is 0.931 bits per heavy atom. The summed E-state index contributed by atoms with van der Waals surface area (Å²) in [5, 5.41) is 26.5. The first-order valence-electron chi connectivity index (χ1n) is 20.4. The van der Waals surface area contributed by atoms with Gasteiger partial charge in [0.2, 0.25) is 23.9 Å². The van der Waals surface area contributed by atoms with E-state index < -0.39 is 72.4 Å². The smallest absolute Gasteiger partial charge is 0.329 e. The second kappa shape index (κ2) is 24.7. The van der Waals surface area contributed by atoms with E-state index in [0.29, 0.717) is 43.2 Å². The Kier molecular flexibility index (Phi) is 21.7. The summed E-state index contributed by atoms with van der Waals surface area (Å²) in [6.45, 7) is 14.9. The van der Waals surface area contributed by atoms with Crippen LogP contribution in [0.1, 0.15) is 85.8 Å². The predicted molar refractivity (Wildman–Crippen MR) is 225 cm³/mol. The van der Waals surface area contributed by atoms with Crippen molar-refractivity contribution in [2.75, 3.05) is 54.3 Å². The van der Waals surface area contributed by atoms with Gasteiger partial charge in [0, 0.05) is 47.2 Å². The van der Waals surface area contributed by atoms with Gasteiger partial charge in [0.05, 0.1) is 42.7 Å². The number of carbonyl (C=O) groups excluding carboxylic acids is 4. The number of carbonyl (C=O) groups is 5. The Balaban J connectivity index is 2.25. The van der Waals surface area contributed by atoms with E-state index >= 15 is 0 Å². The number of nitrogens with zero attached hydrogens (tertiary/aromatic N) is 3. The summed E-state index contributed by atoms with van der Waals surface area (Å²) in [6, 6.07) is 5.03. The number of hydrogen-bond acceptors (Lipinski definition) is 11. The Labute approximate surface area is 350 Å². The van der Waals surface area contributed by atoms with Gasteiger partial charge in [0.25, 0.3) is 5.91 Å². The van der Waals surface area contributed by atoms with Gasteiger partial charge in [-0.3, -0.25) is 24.1 Å². The molecule has 0 aliphatic carbocycles. The second-order valence-corrected chi connectivity index (χ2v) is 17.7. The summed E-state index contributed by atoms with van der Waals surface area (Å²) in [5.41, 5.74) is 0.340. The van der Waals surface area contributed by atoms with Crippen molar-refractivity contribution >= 4 is 41.4 Å². The van der Waals surface area contributed by atoms with Gasteiger partial charge >= 0.3 is 5.97 Å². The molecule has 1 aliphatic rings. The monoisotopic (exact) mass is 837 g/mol. The van der Waals surface area contributed by atoms with Crippen LogP contribution in [0.15, 0.2) is 30.3 Å². The van der Waals surface area contributed by atoms with E-state index in [1.807, 2.05) is 51.4 Å². The summed E-state index contributed by atoms with van der Waals surface area (Å²) in [5.74, 6) is -3.27. The Bertz CT molecular complexity index is 1450. The fraction of sp³-hybridized carbons (Fsp3) is 0.738. The van der Waals surface area contributed by atoms with E-state index in [0.717, 1.165) is 5.75 Å². The van der Waals surface area contributed by atoms with E-state index in [2.05, 4.69) is 24.5 Å². The molecule has 58 heavy (non-hydrogen) atoms. The van der Waals surface area contributed by atoms with Crippen molar-refractivity contribution in [2.24, 2.45) is 17.8 Å². The molecule has 0 spiro atoms. The maximum absolute atomic E-state index is 14.2. The van der Waals surface area contributed by atoms with Crippen molar-refractivity contribution in [1.82, 2.24) is 25.3 Å². The van der Waals surface area contributed by atoms with Crippen molar-refractivity contribution in [3.63, 3.8) is 0 Å². The number of benzene rings is 1. The van der Waals surface area contributed by atoms with Crippen LogP contribution in [0.4, 0.5) is 0 Å². The van der Waals surface area contributed by atoms with Crippen LogP contribution in [0.5, 0.6) is 0 Å². The minimum Gasteiger partial charge on any atom is -0.480 e. The maximum Gasteiger partial charge on any atom is 0.329 e. The highest BCUT2D eigenvalue weighted by molar-refractivity contribution is 7.99. The molecule has 2 rings (SSSR count). The number of amides is 4. The summed E-state index contributed by atoms with van der Waals surface area (Å²) in [4.78, 5) is 72.9. The highest BCUT2D eigenvalue weighted by Gasteiger charge is 2.44. The minimum absolute atomic E-state index is 0.0326. The zero-order valence-electron chi connectivity index (χ0n) is 36.7. The molecule has 1 saturated heterocycles. The number of thioether (sulfide) groups is 1. The topological polar surface area (TPSA) is 187 Å². The molecule has 10 atom stereocenters. The van der Waals surface area contributed by atoms with Crippen molar-refractivity contribution in [3.8, 4) is 0 Å². The van der Waals surface area contributed by atoms with Crippen LogP contribution in [0.25, 0.3) is 0 Å². The highest BCUT2D eigenvalue weighted by Crippen LogP contribution is 2.30. The lowest BCUT2D eigenvalue weighted by atomic mass is 9.90. The van der Waals surface area contributed by atoms with Gasteiger partial charge in [0.15, 0.2) is 6.04 Å². The van der Waals surface area contributed by atoms with Crippen LogP contribution in [-0.4, -0.2) is 157 Å². The van der Waals surface area contributed by atoms with Crippen LogP contribution in [0, 0.1) is 17.8 Å². The number of nitrogens with one attached hydrogen (secondary N) is 2. The number of hydrogen-bond donors (Lipinski definition) is 4. The lowest BCUT2D eigenvalue weighted by Gasteiger charge is -2.40. The number of ether oxygens (including phenoxy) is 3. The predicted octanol–water partition coefficient (Wildman–Crippen LogP) is 3.40. The first kappa shape index (κ1) is 50.9. The standard InChI is InChI=1S/C42H71N5O10S/c1-13-27(6)35(46(9)41(52)40(57-12)44-39(51)34(25(2)3)45(8)22-23-58-26(4)5)31(55-10)24-32(48)47-21-17-20-30(47)37(56-11)28(7)38(50)43-33(42(53)54)36(49)29-18-15-14-16-19-29/h14-16,18-19,25-28,30-31,33-37,40,49H,13,17,20-24H2,1-12H3,(H,43,50)(H,44,51)(H,53,54)/t27-,28+,30-,31+,33-,34-,35-,36-,37+,40+/m0/s1. The van der Waals surface area contributed by atoms with Gasteiger partial charge in [-0.15, -0.1) is 0 Å². The third kappa shape index (κ3) is 13.9. The van der Waals surface area contributed by atoms with Gasteiger partial charge in [-0.1, -0.05) is 85.2 Å². The van der Waals surface area contributed by atoms with Crippen molar-refractivity contribution in [3.05, 3.63) is 35.9 Å². The molecule has 1 heterocycles. The number of aliphatic hydroxyl groups excluding tert-OH is 1. The molecule has 1 fully saturated rings. The molecular weight excluding hydrogens is 767 g/mol. The largest absolute Gasteiger partial charge is 0.480 e. The molecule has 0 radical (unpaired) electrons. The highest BCUT2D eigenvalue weighted by atomic mass is 32.2. The average Bonchev–Trinajstić information content (AvgIpc) is 3.67. The van der Waals surface area contributed by atoms with Crippen molar-refractivity contribution in [2.45, 2.75) is 128 Å². The first-order valence-corrected chi connectivity index (χ1v) is 21.4.